The molecule has 1 aromatic rings. The highest BCUT2D eigenvalue weighted by Crippen LogP contribution is 2.14. The average Bonchev–Trinajstić information content (AvgIpc) is 2.32. The second-order valence-electron chi connectivity index (χ2n) is 3.27. The average molecular weight is 225 g/mol. The Morgan fingerprint density at radius 1 is 0.938 bits per heavy atom. The lowest BCUT2D eigenvalue weighted by atomic mass is 10.2. The maximum atomic E-state index is 8.86. The van der Waals surface area contributed by atoms with Crippen molar-refractivity contribution in [2.45, 2.75) is 20.8 Å². The molecule has 0 heterocycles. The van der Waals surface area contributed by atoms with Crippen LogP contribution in [0.2, 0.25) is 0 Å². The molecule has 0 atom stereocenters. The van der Waals surface area contributed by atoms with Crippen molar-refractivity contribution in [3.63, 3.8) is 0 Å². The van der Waals surface area contributed by atoms with Gasteiger partial charge in [-0.1, -0.05) is 31.5 Å². The minimum atomic E-state index is 0.105. The van der Waals surface area contributed by atoms with Gasteiger partial charge in [-0.2, -0.15) is 0 Å². The van der Waals surface area contributed by atoms with Gasteiger partial charge in [-0.25, -0.2) is 0 Å². The van der Waals surface area contributed by atoms with Crippen molar-refractivity contribution in [2.75, 3.05) is 31.2 Å². The minimum absolute atomic E-state index is 0.105. The second-order valence-corrected chi connectivity index (χ2v) is 3.27. The Labute approximate surface area is 98.3 Å². The van der Waals surface area contributed by atoms with E-state index in [9.17, 15) is 0 Å². The van der Waals surface area contributed by atoms with Crippen molar-refractivity contribution in [3.05, 3.63) is 29.8 Å². The fourth-order valence-electron chi connectivity index (χ4n) is 1.37. The van der Waals surface area contributed by atoms with E-state index >= 15 is 0 Å². The summed E-state index contributed by atoms with van der Waals surface area (Å²) >= 11 is 0. The standard InChI is InChI=1S/C11H17NO2.C2H6/c1-10-2-4-11(5-3-10)12(6-8-13)7-9-14;1-2/h2-5,13-14H,6-9H2,1H3;1-2H3. The molecule has 0 bridgehead atoms. The van der Waals surface area contributed by atoms with Crippen LogP contribution in [0.15, 0.2) is 24.3 Å². The molecule has 0 aromatic heterocycles. The van der Waals surface area contributed by atoms with Gasteiger partial charge < -0.3 is 15.1 Å². The largest absolute Gasteiger partial charge is 0.395 e. The highest BCUT2D eigenvalue weighted by Gasteiger charge is 2.03. The third kappa shape index (κ3) is 5.14. The van der Waals surface area contributed by atoms with Crippen molar-refractivity contribution in [2.24, 2.45) is 0 Å². The molecule has 2 N–H and O–H groups in total. The van der Waals surface area contributed by atoms with E-state index in [2.05, 4.69) is 0 Å². The molecular weight excluding hydrogens is 202 g/mol. The SMILES string of the molecule is CC.Cc1ccc(N(CCO)CCO)cc1. The van der Waals surface area contributed by atoms with Crippen molar-refractivity contribution < 1.29 is 10.2 Å². The van der Waals surface area contributed by atoms with Gasteiger partial charge in [0, 0.05) is 18.8 Å². The fourth-order valence-corrected chi connectivity index (χ4v) is 1.37. The van der Waals surface area contributed by atoms with Crippen molar-refractivity contribution >= 4 is 5.69 Å². The number of nitrogens with zero attached hydrogens (tertiary/aromatic N) is 1. The normalized spacial score (nSPS) is 9.31. The van der Waals surface area contributed by atoms with Gasteiger partial charge in [0.1, 0.15) is 0 Å². The number of hydrogen-bond acceptors (Lipinski definition) is 3. The molecule has 0 spiro atoms. The molecule has 0 fully saturated rings. The molecule has 0 aliphatic heterocycles. The van der Waals surface area contributed by atoms with Crippen LogP contribution in [0, 0.1) is 6.92 Å². The van der Waals surface area contributed by atoms with Crippen LogP contribution in [0.3, 0.4) is 0 Å². The van der Waals surface area contributed by atoms with Gasteiger partial charge in [0.05, 0.1) is 13.2 Å². The van der Waals surface area contributed by atoms with E-state index < -0.39 is 0 Å². The van der Waals surface area contributed by atoms with Gasteiger partial charge in [0.25, 0.3) is 0 Å². The van der Waals surface area contributed by atoms with E-state index in [1.807, 2.05) is 49.9 Å². The van der Waals surface area contributed by atoms with E-state index in [1.54, 1.807) is 0 Å². The second kappa shape index (κ2) is 9.19. The third-order valence-corrected chi connectivity index (χ3v) is 2.14. The van der Waals surface area contributed by atoms with Crippen LogP contribution in [0.1, 0.15) is 19.4 Å². The maximum absolute atomic E-state index is 8.86. The summed E-state index contributed by atoms with van der Waals surface area (Å²) in [5.41, 5.74) is 2.25. The van der Waals surface area contributed by atoms with Gasteiger partial charge in [-0.3, -0.25) is 0 Å². The maximum Gasteiger partial charge on any atom is 0.0606 e. The zero-order chi connectivity index (χ0) is 12.4. The molecule has 92 valence electrons. The van der Waals surface area contributed by atoms with Gasteiger partial charge in [-0.15, -0.1) is 0 Å². The predicted molar refractivity (Wildman–Crippen MR) is 68.9 cm³/mol. The highest BCUT2D eigenvalue weighted by atomic mass is 16.3. The number of anilines is 1. The van der Waals surface area contributed by atoms with Crippen molar-refractivity contribution in [3.8, 4) is 0 Å². The third-order valence-electron chi connectivity index (χ3n) is 2.14. The molecular formula is C13H23NO2. The van der Waals surface area contributed by atoms with Crippen LogP contribution in [-0.4, -0.2) is 36.5 Å². The lowest BCUT2D eigenvalue weighted by Crippen LogP contribution is -2.29. The Balaban J connectivity index is 0.00000106. The Morgan fingerprint density at radius 2 is 1.38 bits per heavy atom. The molecule has 3 nitrogen and oxygen atoms in total. The summed E-state index contributed by atoms with van der Waals surface area (Å²) in [6, 6.07) is 8.05. The summed E-state index contributed by atoms with van der Waals surface area (Å²) in [6.45, 7) is 7.36. The summed E-state index contributed by atoms with van der Waals surface area (Å²) in [6.07, 6.45) is 0. The van der Waals surface area contributed by atoms with Crippen LogP contribution in [0.5, 0.6) is 0 Å². The Hall–Kier alpha value is -1.06. The molecule has 0 radical (unpaired) electrons. The molecule has 1 aromatic carbocycles. The smallest absolute Gasteiger partial charge is 0.0606 e. The van der Waals surface area contributed by atoms with Crippen LogP contribution in [0.25, 0.3) is 0 Å². The van der Waals surface area contributed by atoms with Crippen molar-refractivity contribution in [1.82, 2.24) is 0 Å². The van der Waals surface area contributed by atoms with E-state index in [1.165, 1.54) is 5.56 Å². The number of aryl methyl sites for hydroxylation is 1. The van der Waals surface area contributed by atoms with Crippen LogP contribution < -0.4 is 4.90 Å². The minimum Gasteiger partial charge on any atom is -0.395 e. The van der Waals surface area contributed by atoms with E-state index in [4.69, 9.17) is 10.2 Å². The molecule has 16 heavy (non-hydrogen) atoms. The quantitative estimate of drug-likeness (QED) is 0.803. The Morgan fingerprint density at radius 3 is 1.75 bits per heavy atom. The zero-order valence-corrected chi connectivity index (χ0v) is 10.5. The topological polar surface area (TPSA) is 43.7 Å². The summed E-state index contributed by atoms with van der Waals surface area (Å²) in [4.78, 5) is 1.96. The lowest BCUT2D eigenvalue weighted by Gasteiger charge is -2.22. The van der Waals surface area contributed by atoms with Crippen LogP contribution in [-0.2, 0) is 0 Å². The first-order chi connectivity index (χ1) is 7.77. The molecule has 0 amide bonds. The molecule has 0 aliphatic carbocycles. The van der Waals surface area contributed by atoms with Crippen LogP contribution >= 0.6 is 0 Å². The number of hydrogen-bond donors (Lipinski definition) is 2. The van der Waals surface area contributed by atoms with Gasteiger partial charge >= 0.3 is 0 Å². The zero-order valence-electron chi connectivity index (χ0n) is 10.5. The molecule has 3 heteroatoms. The summed E-state index contributed by atoms with van der Waals surface area (Å²) in [7, 11) is 0. The van der Waals surface area contributed by atoms with E-state index in [0.29, 0.717) is 13.1 Å². The summed E-state index contributed by atoms with van der Waals surface area (Å²) in [5.74, 6) is 0. The van der Waals surface area contributed by atoms with E-state index in [0.717, 1.165) is 5.69 Å². The predicted octanol–water partition coefficient (Wildman–Crippen LogP) is 1.81. The number of benzene rings is 1. The molecule has 0 saturated heterocycles. The Kier molecular flexibility index (Phi) is 8.58. The Bertz CT molecular complexity index is 253. The van der Waals surface area contributed by atoms with Gasteiger partial charge in [-0.05, 0) is 19.1 Å². The first-order valence-electron chi connectivity index (χ1n) is 5.81. The van der Waals surface area contributed by atoms with Gasteiger partial charge in [0.2, 0.25) is 0 Å². The monoisotopic (exact) mass is 225 g/mol. The molecule has 0 aliphatic rings. The van der Waals surface area contributed by atoms with E-state index in [-0.39, 0.29) is 13.2 Å². The first-order valence-corrected chi connectivity index (χ1v) is 5.81. The number of rotatable bonds is 5. The molecule has 1 rings (SSSR count). The van der Waals surface area contributed by atoms with Crippen molar-refractivity contribution in [1.29, 1.82) is 0 Å². The lowest BCUT2D eigenvalue weighted by molar-refractivity contribution is 0.281. The van der Waals surface area contributed by atoms with Gasteiger partial charge in [0.15, 0.2) is 0 Å². The fraction of sp³-hybridized carbons (Fsp3) is 0.538. The highest BCUT2D eigenvalue weighted by molar-refractivity contribution is 5.47. The molecule has 0 saturated carbocycles. The number of aliphatic hydroxyl groups excluding tert-OH is 2. The number of aliphatic hydroxyl groups is 2. The summed E-state index contributed by atoms with van der Waals surface area (Å²) in [5, 5.41) is 17.7. The summed E-state index contributed by atoms with van der Waals surface area (Å²) < 4.78 is 0. The first kappa shape index (κ1) is 14.9. The molecule has 0 unspecified atom stereocenters. The van der Waals surface area contributed by atoms with Crippen LogP contribution in [0.4, 0.5) is 5.69 Å².